The summed E-state index contributed by atoms with van der Waals surface area (Å²) in [7, 11) is 0. The Balaban J connectivity index is 1.84. The number of halogens is 4. The van der Waals surface area contributed by atoms with E-state index in [0.717, 1.165) is 6.07 Å². The van der Waals surface area contributed by atoms with Gasteiger partial charge in [-0.15, -0.1) is 0 Å². The van der Waals surface area contributed by atoms with Gasteiger partial charge < -0.3 is 15.0 Å². The standard InChI is InChI=1S/C17H15ClF3N3O2/c18-12-1-2-14(13(10-12)17(19,20)21)23-15-9-11(3-4-22-15)16(25)24-5-7-26-8-6-24/h1-4,9-10H,5-8H2,(H,22,23). The summed E-state index contributed by atoms with van der Waals surface area (Å²) in [5, 5.41) is 2.60. The summed E-state index contributed by atoms with van der Waals surface area (Å²) in [4.78, 5) is 18.1. The normalized spacial score (nSPS) is 15.0. The molecule has 138 valence electrons. The molecule has 1 aromatic carbocycles. The first-order valence-corrected chi connectivity index (χ1v) is 8.19. The maximum absolute atomic E-state index is 13.2. The molecule has 0 atom stereocenters. The zero-order valence-electron chi connectivity index (χ0n) is 13.5. The van der Waals surface area contributed by atoms with Gasteiger partial charge in [-0.05, 0) is 30.3 Å². The molecule has 0 spiro atoms. The summed E-state index contributed by atoms with van der Waals surface area (Å²) in [6.07, 6.45) is -3.20. The van der Waals surface area contributed by atoms with Crippen molar-refractivity contribution in [2.75, 3.05) is 31.6 Å². The lowest BCUT2D eigenvalue weighted by Crippen LogP contribution is -2.40. The Bertz CT molecular complexity index is 808. The molecule has 1 aromatic heterocycles. The maximum atomic E-state index is 13.2. The van der Waals surface area contributed by atoms with Crippen LogP contribution in [0.4, 0.5) is 24.7 Å². The lowest BCUT2D eigenvalue weighted by molar-refractivity contribution is -0.136. The molecule has 3 rings (SSSR count). The van der Waals surface area contributed by atoms with Crippen molar-refractivity contribution < 1.29 is 22.7 Å². The van der Waals surface area contributed by atoms with E-state index in [9.17, 15) is 18.0 Å². The molecule has 1 aliphatic heterocycles. The number of carbonyl (C=O) groups is 1. The quantitative estimate of drug-likeness (QED) is 0.868. The van der Waals surface area contributed by atoms with Gasteiger partial charge in [0.2, 0.25) is 0 Å². The van der Waals surface area contributed by atoms with Crippen molar-refractivity contribution >= 4 is 29.0 Å². The highest BCUT2D eigenvalue weighted by Crippen LogP contribution is 2.37. The molecule has 0 radical (unpaired) electrons. The third-order valence-corrected chi connectivity index (χ3v) is 4.09. The first kappa shape index (κ1) is 18.5. The minimum absolute atomic E-state index is 0.0212. The van der Waals surface area contributed by atoms with E-state index >= 15 is 0 Å². The van der Waals surface area contributed by atoms with Crippen LogP contribution in [-0.2, 0) is 10.9 Å². The number of hydrogen-bond acceptors (Lipinski definition) is 4. The Morgan fingerprint density at radius 1 is 1.19 bits per heavy atom. The number of alkyl halides is 3. The number of morpholine rings is 1. The van der Waals surface area contributed by atoms with Crippen LogP contribution in [0.1, 0.15) is 15.9 Å². The third-order valence-electron chi connectivity index (χ3n) is 3.85. The van der Waals surface area contributed by atoms with Gasteiger partial charge in [0.15, 0.2) is 0 Å². The minimum Gasteiger partial charge on any atom is -0.378 e. The first-order valence-electron chi connectivity index (χ1n) is 7.81. The average molecular weight is 386 g/mol. The van der Waals surface area contributed by atoms with E-state index in [-0.39, 0.29) is 22.4 Å². The van der Waals surface area contributed by atoms with Crippen molar-refractivity contribution in [3.05, 3.63) is 52.7 Å². The molecular weight excluding hydrogens is 371 g/mol. The second-order valence-electron chi connectivity index (χ2n) is 5.65. The predicted octanol–water partition coefficient (Wildman–Crippen LogP) is 3.97. The number of benzene rings is 1. The van der Waals surface area contributed by atoms with E-state index in [0.29, 0.717) is 31.9 Å². The van der Waals surface area contributed by atoms with Crippen LogP contribution in [0.15, 0.2) is 36.5 Å². The second kappa shape index (κ2) is 7.51. The average Bonchev–Trinajstić information content (AvgIpc) is 2.63. The minimum atomic E-state index is -4.57. The SMILES string of the molecule is O=C(c1ccnc(Nc2ccc(Cl)cc2C(F)(F)F)c1)N1CCOCC1. The molecule has 1 aliphatic rings. The predicted molar refractivity (Wildman–Crippen MR) is 90.7 cm³/mol. The summed E-state index contributed by atoms with van der Waals surface area (Å²) in [5.74, 6) is -0.0807. The fourth-order valence-electron chi connectivity index (χ4n) is 2.58. The summed E-state index contributed by atoms with van der Waals surface area (Å²) in [5.41, 5.74) is -0.756. The van der Waals surface area contributed by atoms with Crippen molar-refractivity contribution in [2.45, 2.75) is 6.18 Å². The Morgan fingerprint density at radius 3 is 2.62 bits per heavy atom. The number of amides is 1. The highest BCUT2D eigenvalue weighted by Gasteiger charge is 2.34. The molecule has 0 saturated carbocycles. The fourth-order valence-corrected chi connectivity index (χ4v) is 2.75. The number of nitrogens with zero attached hydrogens (tertiary/aromatic N) is 2. The molecular formula is C17H15ClF3N3O2. The van der Waals surface area contributed by atoms with Crippen LogP contribution in [0.2, 0.25) is 5.02 Å². The topological polar surface area (TPSA) is 54.5 Å². The second-order valence-corrected chi connectivity index (χ2v) is 6.08. The van der Waals surface area contributed by atoms with Crippen molar-refractivity contribution in [3.63, 3.8) is 0 Å². The summed E-state index contributed by atoms with van der Waals surface area (Å²) >= 11 is 5.67. The van der Waals surface area contributed by atoms with Crippen molar-refractivity contribution in [2.24, 2.45) is 0 Å². The van der Waals surface area contributed by atoms with Crippen LogP contribution in [-0.4, -0.2) is 42.1 Å². The highest BCUT2D eigenvalue weighted by atomic mass is 35.5. The summed E-state index contributed by atoms with van der Waals surface area (Å²) in [6.45, 7) is 1.86. The number of nitrogens with one attached hydrogen (secondary N) is 1. The summed E-state index contributed by atoms with van der Waals surface area (Å²) < 4.78 is 44.8. The van der Waals surface area contributed by atoms with Gasteiger partial charge in [-0.2, -0.15) is 13.2 Å². The van der Waals surface area contributed by atoms with Crippen LogP contribution in [0.25, 0.3) is 0 Å². The van der Waals surface area contributed by atoms with Gasteiger partial charge in [-0.3, -0.25) is 4.79 Å². The van der Waals surface area contributed by atoms with E-state index in [1.54, 1.807) is 4.90 Å². The lowest BCUT2D eigenvalue weighted by atomic mass is 10.1. The number of ether oxygens (including phenoxy) is 1. The number of carbonyl (C=O) groups excluding carboxylic acids is 1. The zero-order valence-corrected chi connectivity index (χ0v) is 14.3. The van der Waals surface area contributed by atoms with Crippen LogP contribution >= 0.6 is 11.6 Å². The van der Waals surface area contributed by atoms with Crippen LogP contribution in [0, 0.1) is 0 Å². The van der Waals surface area contributed by atoms with Crippen molar-refractivity contribution in [3.8, 4) is 0 Å². The number of pyridine rings is 1. The van der Waals surface area contributed by atoms with E-state index in [2.05, 4.69) is 10.3 Å². The molecule has 26 heavy (non-hydrogen) atoms. The van der Waals surface area contributed by atoms with Gasteiger partial charge in [0.1, 0.15) is 5.82 Å². The molecule has 0 unspecified atom stereocenters. The summed E-state index contributed by atoms with van der Waals surface area (Å²) in [6, 6.07) is 6.36. The van der Waals surface area contributed by atoms with Gasteiger partial charge in [-0.25, -0.2) is 4.98 Å². The number of hydrogen-bond donors (Lipinski definition) is 1. The number of rotatable bonds is 3. The fraction of sp³-hybridized carbons (Fsp3) is 0.294. The highest BCUT2D eigenvalue weighted by molar-refractivity contribution is 6.30. The molecule has 0 aliphatic carbocycles. The van der Waals surface area contributed by atoms with Crippen LogP contribution in [0.3, 0.4) is 0 Å². The lowest BCUT2D eigenvalue weighted by Gasteiger charge is -2.27. The first-order chi connectivity index (χ1) is 12.3. The Kier molecular flexibility index (Phi) is 5.33. The van der Waals surface area contributed by atoms with Crippen molar-refractivity contribution in [1.82, 2.24) is 9.88 Å². The van der Waals surface area contributed by atoms with E-state index in [4.69, 9.17) is 16.3 Å². The molecule has 1 saturated heterocycles. The van der Waals surface area contributed by atoms with E-state index < -0.39 is 11.7 Å². The molecule has 5 nitrogen and oxygen atoms in total. The Morgan fingerprint density at radius 2 is 1.92 bits per heavy atom. The smallest absolute Gasteiger partial charge is 0.378 e. The number of aromatic nitrogens is 1. The van der Waals surface area contributed by atoms with E-state index in [1.807, 2.05) is 0 Å². The Labute approximate surface area is 152 Å². The molecule has 9 heteroatoms. The molecule has 1 fully saturated rings. The largest absolute Gasteiger partial charge is 0.418 e. The molecule has 0 bridgehead atoms. The zero-order chi connectivity index (χ0) is 18.7. The van der Waals surface area contributed by atoms with Gasteiger partial charge in [0.25, 0.3) is 5.91 Å². The van der Waals surface area contributed by atoms with Gasteiger partial charge >= 0.3 is 6.18 Å². The molecule has 1 amide bonds. The Hall–Kier alpha value is -2.32. The third kappa shape index (κ3) is 4.25. The van der Waals surface area contributed by atoms with E-state index in [1.165, 1.54) is 30.5 Å². The van der Waals surface area contributed by atoms with Crippen molar-refractivity contribution in [1.29, 1.82) is 0 Å². The maximum Gasteiger partial charge on any atom is 0.418 e. The molecule has 1 N–H and O–H groups in total. The molecule has 2 heterocycles. The number of anilines is 2. The molecule has 2 aromatic rings. The van der Waals surface area contributed by atoms with Crippen LogP contribution in [0.5, 0.6) is 0 Å². The van der Waals surface area contributed by atoms with Gasteiger partial charge in [0.05, 0.1) is 24.5 Å². The van der Waals surface area contributed by atoms with Crippen LogP contribution < -0.4 is 5.32 Å². The monoisotopic (exact) mass is 385 g/mol. The van der Waals surface area contributed by atoms with Gasteiger partial charge in [0, 0.05) is 29.9 Å². The van der Waals surface area contributed by atoms with Gasteiger partial charge in [-0.1, -0.05) is 11.6 Å².